The lowest BCUT2D eigenvalue weighted by atomic mass is 9.77. The van der Waals surface area contributed by atoms with Crippen LogP contribution in [0.15, 0.2) is 18.2 Å². The van der Waals surface area contributed by atoms with Crippen molar-refractivity contribution in [3.05, 3.63) is 23.9 Å². The molecule has 0 bridgehead atoms. The molecule has 4 aliphatic rings. The fourth-order valence-electron chi connectivity index (χ4n) is 8.95. The molecule has 0 radical (unpaired) electrons. The van der Waals surface area contributed by atoms with Gasteiger partial charge in [-0.1, -0.05) is 66.7 Å². The normalized spacial score (nSPS) is 25.4. The molecule has 1 aromatic carbocycles. The highest BCUT2D eigenvalue weighted by molar-refractivity contribution is 7.91. The second-order valence-corrected chi connectivity index (χ2v) is 21.2. The van der Waals surface area contributed by atoms with Crippen LogP contribution in [0.2, 0.25) is 0 Å². The average Bonchev–Trinajstić information content (AvgIpc) is 4.13. The molecule has 0 spiro atoms. The molecule has 13 nitrogen and oxygen atoms in total. The van der Waals surface area contributed by atoms with E-state index < -0.39 is 97.1 Å². The van der Waals surface area contributed by atoms with Gasteiger partial charge in [-0.15, -0.1) is 0 Å². The van der Waals surface area contributed by atoms with Crippen LogP contribution in [-0.2, 0) is 39.9 Å². The zero-order valence-electron chi connectivity index (χ0n) is 36.3. The Morgan fingerprint density at radius 1 is 1.02 bits per heavy atom. The van der Waals surface area contributed by atoms with Gasteiger partial charge in [-0.3, -0.25) is 23.9 Å². The first-order chi connectivity index (χ1) is 28.1. The number of esters is 1. The van der Waals surface area contributed by atoms with Gasteiger partial charge in [-0.2, -0.15) is 8.78 Å². The number of nitrogens with one attached hydrogen (secondary N) is 1. The highest BCUT2D eigenvalue weighted by atomic mass is 32.2. The average molecular weight is 861 g/mol. The van der Waals surface area contributed by atoms with Crippen molar-refractivity contribution in [2.24, 2.45) is 34.5 Å². The summed E-state index contributed by atoms with van der Waals surface area (Å²) in [5, 5.41) is 0. The van der Waals surface area contributed by atoms with Crippen molar-refractivity contribution in [1.29, 1.82) is 0 Å². The van der Waals surface area contributed by atoms with Crippen LogP contribution in [0.25, 0.3) is 11.0 Å². The topological polar surface area (TPSA) is 171 Å². The third-order valence-corrected chi connectivity index (χ3v) is 15.8. The first-order valence-electron chi connectivity index (χ1n) is 21.5. The molecule has 2 amide bonds. The van der Waals surface area contributed by atoms with Crippen LogP contribution in [0.3, 0.4) is 0 Å². The number of Topliss-reactive ketones (excluding diaryl/α,β-unsaturated/α-hetero) is 1. The smallest absolute Gasteiger partial charge is 0.306 e. The number of rotatable bonds is 20. The van der Waals surface area contributed by atoms with Crippen molar-refractivity contribution in [3.8, 4) is 11.6 Å². The van der Waals surface area contributed by atoms with Crippen molar-refractivity contribution in [2.45, 2.75) is 148 Å². The summed E-state index contributed by atoms with van der Waals surface area (Å²) in [5.41, 5.74) is -2.28. The van der Waals surface area contributed by atoms with E-state index in [1.54, 1.807) is 52.8 Å². The van der Waals surface area contributed by atoms with E-state index in [1.807, 2.05) is 6.92 Å². The fraction of sp³-hybridized carbons (Fsp3) is 0.727. The quantitative estimate of drug-likeness (QED) is 0.105. The van der Waals surface area contributed by atoms with Crippen molar-refractivity contribution in [2.75, 3.05) is 20.8 Å². The van der Waals surface area contributed by atoms with E-state index in [4.69, 9.17) is 14.2 Å². The predicted molar refractivity (Wildman–Crippen MR) is 220 cm³/mol. The number of ether oxygens (including phenoxy) is 3. The molecule has 6 rings (SSSR count). The van der Waals surface area contributed by atoms with Crippen LogP contribution in [-0.4, -0.2) is 84.5 Å². The first kappa shape index (κ1) is 45.6. The molecule has 1 unspecified atom stereocenters. The Morgan fingerprint density at radius 2 is 1.72 bits per heavy atom. The fourth-order valence-corrected chi connectivity index (χ4v) is 10.3. The van der Waals surface area contributed by atoms with Gasteiger partial charge in [0.25, 0.3) is 5.92 Å². The summed E-state index contributed by atoms with van der Waals surface area (Å²) in [4.78, 5) is 66.7. The Bertz CT molecular complexity index is 2080. The number of methoxy groups -OCH3 is 2. The van der Waals surface area contributed by atoms with E-state index in [9.17, 15) is 27.6 Å². The third kappa shape index (κ3) is 9.42. The number of ketones is 1. The van der Waals surface area contributed by atoms with Crippen LogP contribution in [0.4, 0.5) is 8.78 Å². The summed E-state index contributed by atoms with van der Waals surface area (Å²) >= 11 is 0. The first-order valence-corrected chi connectivity index (χ1v) is 23.0. The van der Waals surface area contributed by atoms with Gasteiger partial charge in [-0.25, -0.2) is 18.4 Å². The molecule has 1 N–H and O–H groups in total. The number of carbonyl (C=O) groups excluding carboxylic acids is 4. The standard InChI is InChI=1S/C44H62F2N4O9S/c1-9-27-23-43(27,40(54)49-60(55,56)42(6)19-20-42)24-33(51)36-29(10-2)34(25-50(36)39(53)30(41(3,4)5)22-35(52)58-8)59-38-37(44(45,46)18-12-11-13-26-14-15-26)47-31-17-16-28(57-7)21-32(31)48-38/h16-17,21,26-27,29-30,34,36H,9-15,18-20,22-25H2,1-8H3,(H,49,54)/t27-,29-,30-,34+,36+,43?/m1/s1. The maximum absolute atomic E-state index is 16.4. The zero-order valence-corrected chi connectivity index (χ0v) is 37.1. The molecule has 1 aliphatic heterocycles. The summed E-state index contributed by atoms with van der Waals surface area (Å²) in [5.74, 6) is -7.19. The van der Waals surface area contributed by atoms with E-state index >= 15 is 8.78 Å². The summed E-state index contributed by atoms with van der Waals surface area (Å²) < 4.78 is 77.2. The molecule has 3 saturated carbocycles. The van der Waals surface area contributed by atoms with Crippen LogP contribution in [0, 0.1) is 34.5 Å². The van der Waals surface area contributed by atoms with Crippen molar-refractivity contribution >= 4 is 44.6 Å². The third-order valence-electron chi connectivity index (χ3n) is 13.6. The van der Waals surface area contributed by atoms with Crippen LogP contribution < -0.4 is 14.2 Å². The SMILES string of the molecule is CC[C@@H]1[C@@H](Oc2nc3cc(OC)ccc3nc2C(F)(F)CCCCC2CC2)CN(C(=O)[C@@H](CC(=O)OC)C(C)(C)C)[C@@H]1C(=O)CC1(C(=O)NS(=O)(=O)C2(C)CC2)C[C@H]1CC. The lowest BCUT2D eigenvalue weighted by Crippen LogP contribution is -2.50. The minimum atomic E-state index is -4.01. The highest BCUT2D eigenvalue weighted by Crippen LogP contribution is 2.58. The predicted octanol–water partition coefficient (Wildman–Crippen LogP) is 7.28. The summed E-state index contributed by atoms with van der Waals surface area (Å²) in [7, 11) is -1.31. The Balaban J connectivity index is 1.37. The molecule has 4 fully saturated rings. The maximum atomic E-state index is 16.4. The highest BCUT2D eigenvalue weighted by Gasteiger charge is 2.63. The molecule has 60 heavy (non-hydrogen) atoms. The van der Waals surface area contributed by atoms with Gasteiger partial charge in [0.1, 0.15) is 11.9 Å². The number of likely N-dealkylation sites (tertiary alicyclic amines) is 1. The Morgan fingerprint density at radius 3 is 2.28 bits per heavy atom. The Kier molecular flexibility index (Phi) is 13.0. The zero-order chi connectivity index (χ0) is 44.0. The molecule has 6 atom stereocenters. The van der Waals surface area contributed by atoms with Crippen LogP contribution in [0.5, 0.6) is 11.6 Å². The van der Waals surface area contributed by atoms with Gasteiger partial charge < -0.3 is 19.1 Å². The number of hydrogen-bond donors (Lipinski definition) is 1. The molecular weight excluding hydrogens is 799 g/mol. The van der Waals surface area contributed by atoms with E-state index in [0.717, 1.165) is 19.3 Å². The monoisotopic (exact) mass is 860 g/mol. The van der Waals surface area contributed by atoms with Crippen molar-refractivity contribution < 1.29 is 50.6 Å². The van der Waals surface area contributed by atoms with Crippen LogP contribution in [0.1, 0.15) is 131 Å². The largest absolute Gasteiger partial charge is 0.497 e. The van der Waals surface area contributed by atoms with Crippen molar-refractivity contribution in [3.63, 3.8) is 0 Å². The number of carbonyl (C=O) groups is 4. The minimum absolute atomic E-state index is 0.213. The number of hydrogen-bond acceptors (Lipinski definition) is 11. The maximum Gasteiger partial charge on any atom is 0.306 e. The van der Waals surface area contributed by atoms with Crippen molar-refractivity contribution in [1.82, 2.24) is 19.6 Å². The number of amides is 2. The Hall–Kier alpha value is -3.95. The van der Waals surface area contributed by atoms with E-state index in [2.05, 4.69) is 14.7 Å². The number of alkyl halides is 2. The molecule has 3 aliphatic carbocycles. The number of unbranched alkanes of at least 4 members (excludes halogenated alkanes) is 1. The number of halogens is 2. The molecule has 2 heterocycles. The summed E-state index contributed by atoms with van der Waals surface area (Å²) in [6.45, 7) is 10.4. The molecular formula is C44H62F2N4O9S. The second kappa shape index (κ2) is 17.1. The van der Waals surface area contributed by atoms with Gasteiger partial charge in [0, 0.05) is 24.8 Å². The molecule has 332 valence electrons. The lowest BCUT2D eigenvalue weighted by molar-refractivity contribution is -0.152. The van der Waals surface area contributed by atoms with Crippen LogP contribution >= 0.6 is 0 Å². The Labute approximate surface area is 352 Å². The number of aromatic nitrogens is 2. The van der Waals surface area contributed by atoms with Gasteiger partial charge in [-0.05, 0) is 68.4 Å². The van der Waals surface area contributed by atoms with Gasteiger partial charge in [0.15, 0.2) is 11.5 Å². The molecule has 1 aromatic heterocycles. The lowest BCUT2D eigenvalue weighted by Gasteiger charge is -2.35. The number of fused-ring (bicyclic) bond motifs is 1. The second-order valence-electron chi connectivity index (χ2n) is 19.0. The molecule has 2 aromatic rings. The molecule has 1 saturated heterocycles. The van der Waals surface area contributed by atoms with E-state index in [1.165, 1.54) is 19.1 Å². The van der Waals surface area contributed by atoms with E-state index in [-0.39, 0.29) is 55.6 Å². The number of benzene rings is 1. The number of sulfonamides is 1. The summed E-state index contributed by atoms with van der Waals surface area (Å²) in [6, 6.07) is 3.52. The van der Waals surface area contributed by atoms with Gasteiger partial charge in [0.2, 0.25) is 27.7 Å². The number of nitrogens with zero attached hydrogens (tertiary/aromatic N) is 3. The minimum Gasteiger partial charge on any atom is -0.497 e. The van der Waals surface area contributed by atoms with E-state index in [0.29, 0.717) is 37.4 Å². The van der Waals surface area contributed by atoms with Gasteiger partial charge in [0.05, 0.1) is 60.3 Å². The summed E-state index contributed by atoms with van der Waals surface area (Å²) in [6.07, 6.45) is 3.83. The van der Waals surface area contributed by atoms with Gasteiger partial charge >= 0.3 is 5.97 Å². The molecule has 16 heteroatoms.